The van der Waals surface area contributed by atoms with Gasteiger partial charge in [-0.05, 0) is 60.4 Å². The molecule has 4 aromatic rings. The van der Waals surface area contributed by atoms with Crippen molar-refractivity contribution in [2.75, 3.05) is 10.8 Å². The van der Waals surface area contributed by atoms with Gasteiger partial charge in [-0.15, -0.1) is 0 Å². The van der Waals surface area contributed by atoms with E-state index in [4.69, 9.17) is 11.6 Å². The minimum atomic E-state index is -4.12. The van der Waals surface area contributed by atoms with Gasteiger partial charge in [-0.3, -0.25) is 13.9 Å². The summed E-state index contributed by atoms with van der Waals surface area (Å²) in [5, 5.41) is 3.74. The highest BCUT2D eigenvalue weighted by molar-refractivity contribution is 7.92. The Labute approximate surface area is 264 Å². The van der Waals surface area contributed by atoms with E-state index in [1.165, 1.54) is 17.0 Å². The fourth-order valence-electron chi connectivity index (χ4n) is 5.55. The number of halogens is 1. The molecule has 2 amide bonds. The van der Waals surface area contributed by atoms with Crippen LogP contribution in [-0.2, 0) is 32.6 Å². The van der Waals surface area contributed by atoms with Crippen molar-refractivity contribution in [3.63, 3.8) is 0 Å². The summed E-state index contributed by atoms with van der Waals surface area (Å²) < 4.78 is 29.1. The summed E-state index contributed by atoms with van der Waals surface area (Å²) >= 11 is 6.15. The molecule has 4 aromatic carbocycles. The largest absolute Gasteiger partial charge is 0.352 e. The maximum absolute atomic E-state index is 14.5. The Kier molecular flexibility index (Phi) is 10.4. The van der Waals surface area contributed by atoms with Crippen LogP contribution in [0.1, 0.15) is 36.8 Å². The number of sulfonamides is 1. The standard InChI is InChI=1S/C35H36ClN3O4S/c36-29-22-20-28(21-23-29)25-38(33(24-27-12-4-1-5-13-27)35(41)37-30-14-10-11-15-30)34(40)26-39(31-16-6-2-7-17-31)44(42,43)32-18-8-3-9-19-32/h1-9,12-13,16-23,30,33H,10-11,14-15,24-26H2,(H,37,41). The Bertz CT molecular complexity index is 1630. The minimum absolute atomic E-state index is 0.0486. The van der Waals surface area contributed by atoms with Crippen LogP contribution in [0.3, 0.4) is 0 Å². The third-order valence-electron chi connectivity index (χ3n) is 7.89. The van der Waals surface area contributed by atoms with Crippen molar-refractivity contribution in [3.8, 4) is 0 Å². The maximum atomic E-state index is 14.5. The van der Waals surface area contributed by atoms with Crippen molar-refractivity contribution in [2.45, 2.75) is 55.6 Å². The average molecular weight is 630 g/mol. The van der Waals surface area contributed by atoms with Crippen molar-refractivity contribution in [1.82, 2.24) is 10.2 Å². The average Bonchev–Trinajstić information content (AvgIpc) is 3.56. The Balaban J connectivity index is 1.54. The molecule has 1 aliphatic carbocycles. The summed E-state index contributed by atoms with van der Waals surface area (Å²) in [6.45, 7) is -0.392. The molecule has 1 atom stereocenters. The van der Waals surface area contributed by atoms with Crippen LogP contribution in [0.25, 0.3) is 0 Å². The first kappa shape index (κ1) is 31.3. The second-order valence-electron chi connectivity index (χ2n) is 11.0. The van der Waals surface area contributed by atoms with Crippen LogP contribution in [0.4, 0.5) is 5.69 Å². The monoisotopic (exact) mass is 629 g/mol. The van der Waals surface area contributed by atoms with Crippen molar-refractivity contribution in [3.05, 3.63) is 131 Å². The van der Waals surface area contributed by atoms with Crippen molar-refractivity contribution >= 4 is 39.1 Å². The van der Waals surface area contributed by atoms with Crippen molar-refractivity contribution in [1.29, 1.82) is 0 Å². The lowest BCUT2D eigenvalue weighted by molar-refractivity contribution is -0.140. The molecule has 0 aliphatic heterocycles. The van der Waals surface area contributed by atoms with E-state index in [0.29, 0.717) is 10.7 Å². The molecule has 1 fully saturated rings. The predicted molar refractivity (Wildman–Crippen MR) is 174 cm³/mol. The molecule has 0 bridgehead atoms. The highest BCUT2D eigenvalue weighted by atomic mass is 35.5. The zero-order chi connectivity index (χ0) is 30.9. The normalized spacial score (nSPS) is 14.1. The number of nitrogens with zero attached hydrogens (tertiary/aromatic N) is 2. The molecule has 1 aliphatic rings. The Morgan fingerprint density at radius 2 is 1.34 bits per heavy atom. The molecule has 5 rings (SSSR count). The van der Waals surface area contributed by atoms with E-state index < -0.39 is 28.5 Å². The molecular formula is C35H36ClN3O4S. The Morgan fingerprint density at radius 3 is 1.95 bits per heavy atom. The number of amides is 2. The summed E-state index contributed by atoms with van der Waals surface area (Å²) in [5.41, 5.74) is 2.02. The first-order valence-corrected chi connectivity index (χ1v) is 16.6. The Morgan fingerprint density at radius 1 is 0.773 bits per heavy atom. The number of benzene rings is 4. The molecule has 1 saturated carbocycles. The number of rotatable bonds is 12. The maximum Gasteiger partial charge on any atom is 0.264 e. The van der Waals surface area contributed by atoms with Gasteiger partial charge in [0.05, 0.1) is 10.6 Å². The predicted octanol–water partition coefficient (Wildman–Crippen LogP) is 6.23. The van der Waals surface area contributed by atoms with Gasteiger partial charge in [0.25, 0.3) is 10.0 Å². The van der Waals surface area contributed by atoms with Crippen LogP contribution in [0.2, 0.25) is 5.02 Å². The fraction of sp³-hybridized carbons (Fsp3) is 0.257. The van der Waals surface area contributed by atoms with E-state index in [0.717, 1.165) is 41.1 Å². The van der Waals surface area contributed by atoms with Crippen molar-refractivity contribution < 1.29 is 18.0 Å². The van der Waals surface area contributed by atoms with E-state index in [1.54, 1.807) is 60.7 Å². The third kappa shape index (κ3) is 7.87. The molecule has 0 radical (unpaired) electrons. The summed E-state index contributed by atoms with van der Waals surface area (Å²) in [6, 6.07) is 32.4. The molecule has 1 N–H and O–H groups in total. The van der Waals surface area contributed by atoms with E-state index in [2.05, 4.69) is 5.32 Å². The molecule has 0 heterocycles. The smallest absolute Gasteiger partial charge is 0.264 e. The minimum Gasteiger partial charge on any atom is -0.352 e. The van der Waals surface area contributed by atoms with Gasteiger partial charge < -0.3 is 10.2 Å². The number of hydrogen-bond acceptors (Lipinski definition) is 4. The second kappa shape index (κ2) is 14.6. The van der Waals surface area contributed by atoms with Crippen LogP contribution in [-0.4, -0.2) is 43.8 Å². The highest BCUT2D eigenvalue weighted by Gasteiger charge is 2.35. The van der Waals surface area contributed by atoms with Gasteiger partial charge in [-0.25, -0.2) is 8.42 Å². The van der Waals surface area contributed by atoms with Gasteiger partial charge in [0.15, 0.2) is 0 Å². The molecular weight excluding hydrogens is 594 g/mol. The van der Waals surface area contributed by atoms with E-state index >= 15 is 0 Å². The molecule has 44 heavy (non-hydrogen) atoms. The molecule has 228 valence electrons. The zero-order valence-corrected chi connectivity index (χ0v) is 26.0. The molecule has 7 nitrogen and oxygen atoms in total. The van der Waals surface area contributed by atoms with E-state index in [9.17, 15) is 18.0 Å². The lowest BCUT2D eigenvalue weighted by Gasteiger charge is -2.34. The number of para-hydroxylation sites is 1. The first-order valence-electron chi connectivity index (χ1n) is 14.8. The lowest BCUT2D eigenvalue weighted by atomic mass is 10.0. The lowest BCUT2D eigenvalue weighted by Crippen LogP contribution is -2.54. The fourth-order valence-corrected chi connectivity index (χ4v) is 7.11. The molecule has 0 aromatic heterocycles. The summed E-state index contributed by atoms with van der Waals surface area (Å²) in [6.07, 6.45) is 4.16. The summed E-state index contributed by atoms with van der Waals surface area (Å²) in [7, 11) is -4.12. The van der Waals surface area contributed by atoms with Crippen LogP contribution < -0.4 is 9.62 Å². The van der Waals surface area contributed by atoms with Crippen molar-refractivity contribution in [2.24, 2.45) is 0 Å². The molecule has 9 heteroatoms. The molecule has 0 spiro atoms. The van der Waals surface area contributed by atoms with E-state index in [1.807, 2.05) is 42.5 Å². The first-order chi connectivity index (χ1) is 21.3. The highest BCUT2D eigenvalue weighted by Crippen LogP contribution is 2.25. The number of carbonyl (C=O) groups is 2. The summed E-state index contributed by atoms with van der Waals surface area (Å²) in [5.74, 6) is -0.744. The topological polar surface area (TPSA) is 86.8 Å². The summed E-state index contributed by atoms with van der Waals surface area (Å²) in [4.78, 5) is 30.1. The SMILES string of the molecule is O=C(NC1CCCC1)C(Cc1ccccc1)N(Cc1ccc(Cl)cc1)C(=O)CN(c1ccccc1)S(=O)(=O)c1ccccc1. The van der Waals surface area contributed by atoms with Gasteiger partial charge in [0.1, 0.15) is 12.6 Å². The van der Waals surface area contributed by atoms with Gasteiger partial charge in [-0.1, -0.05) is 103 Å². The van der Waals surface area contributed by atoms with Gasteiger partial charge in [0, 0.05) is 24.0 Å². The van der Waals surface area contributed by atoms with Crippen LogP contribution in [0.5, 0.6) is 0 Å². The van der Waals surface area contributed by atoms with Crippen LogP contribution in [0, 0.1) is 0 Å². The third-order valence-corrected chi connectivity index (χ3v) is 9.93. The number of hydrogen-bond donors (Lipinski definition) is 1. The van der Waals surface area contributed by atoms with Gasteiger partial charge in [-0.2, -0.15) is 0 Å². The van der Waals surface area contributed by atoms with Gasteiger partial charge in [0.2, 0.25) is 11.8 Å². The quantitative estimate of drug-likeness (QED) is 0.201. The second-order valence-corrected chi connectivity index (χ2v) is 13.3. The van der Waals surface area contributed by atoms with Crippen LogP contribution in [0.15, 0.2) is 120 Å². The number of carbonyl (C=O) groups excluding carboxylic acids is 2. The van der Waals surface area contributed by atoms with Gasteiger partial charge >= 0.3 is 0 Å². The van der Waals surface area contributed by atoms with Crippen LogP contribution >= 0.6 is 11.6 Å². The molecule has 0 saturated heterocycles. The Hall–Kier alpha value is -4.14. The van der Waals surface area contributed by atoms with E-state index in [-0.39, 0.29) is 29.8 Å². The number of anilines is 1. The molecule has 1 unspecified atom stereocenters. The number of nitrogens with one attached hydrogen (secondary N) is 1. The zero-order valence-electron chi connectivity index (χ0n) is 24.4.